The van der Waals surface area contributed by atoms with Gasteiger partial charge in [-0.25, -0.2) is 0 Å². The van der Waals surface area contributed by atoms with E-state index in [0.29, 0.717) is 0 Å². The number of esters is 1. The molecule has 0 aliphatic carbocycles. The van der Waals surface area contributed by atoms with Gasteiger partial charge in [0.05, 0.1) is 12.0 Å². The predicted molar refractivity (Wildman–Crippen MR) is 116 cm³/mol. The molecule has 4 atom stereocenters. The summed E-state index contributed by atoms with van der Waals surface area (Å²) in [6, 6.07) is 0. The van der Waals surface area contributed by atoms with E-state index in [1.54, 1.807) is 13.8 Å². The summed E-state index contributed by atoms with van der Waals surface area (Å²) < 4.78 is 107. The van der Waals surface area contributed by atoms with Gasteiger partial charge >= 0.3 is 25.9 Å². The van der Waals surface area contributed by atoms with Gasteiger partial charge in [-0.2, -0.15) is 26.3 Å². The Bertz CT molecular complexity index is 787. The van der Waals surface area contributed by atoms with E-state index in [1.807, 2.05) is 33.9 Å². The molecule has 1 heterocycles. The Kier molecular flexibility index (Phi) is 10.3. The summed E-state index contributed by atoms with van der Waals surface area (Å²) in [5, 5.41) is -0.197. The van der Waals surface area contributed by atoms with Crippen LogP contribution >= 0.6 is 7.60 Å². The molecule has 206 valence electrons. The summed E-state index contributed by atoms with van der Waals surface area (Å²) in [5.41, 5.74) is 0. The molecule has 0 N–H and O–H groups in total. The minimum absolute atomic E-state index is 0.197. The Hall–Kier alpha value is -0.953. The summed E-state index contributed by atoms with van der Waals surface area (Å²) in [6.45, 7) is 8.88. The molecule has 0 spiro atoms. The normalized spacial score (nSPS) is 24.9. The van der Waals surface area contributed by atoms with E-state index >= 15 is 0 Å². The van der Waals surface area contributed by atoms with Crippen molar-refractivity contribution in [2.45, 2.75) is 83.7 Å². The number of halogens is 6. The number of carbonyl (C=O) groups excluding carboxylic acids is 2. The van der Waals surface area contributed by atoms with Crippen LogP contribution in [0.1, 0.15) is 41.0 Å². The zero-order valence-corrected chi connectivity index (χ0v) is 22.6. The molecule has 0 amide bonds. The van der Waals surface area contributed by atoms with Crippen LogP contribution in [0.2, 0.25) is 18.1 Å². The van der Waals surface area contributed by atoms with Crippen molar-refractivity contribution in [2.24, 2.45) is 11.8 Å². The zero-order chi connectivity index (χ0) is 27.6. The molecule has 1 rings (SSSR count). The van der Waals surface area contributed by atoms with Gasteiger partial charge in [0.15, 0.2) is 21.5 Å². The van der Waals surface area contributed by atoms with Gasteiger partial charge in [0, 0.05) is 12.3 Å². The fourth-order valence-electron chi connectivity index (χ4n) is 3.10. The maximum atomic E-state index is 12.5. The highest BCUT2D eigenvalue weighted by atomic mass is 31.2. The maximum absolute atomic E-state index is 12.5. The largest absolute Gasteiger partial charge is 0.461 e. The number of Topliss-reactive ketones (excluding diaryl/α,β-unsaturated/α-hetero) is 1. The van der Waals surface area contributed by atoms with E-state index in [-0.39, 0.29) is 5.04 Å². The molecule has 35 heavy (non-hydrogen) atoms. The van der Waals surface area contributed by atoms with Crippen molar-refractivity contribution in [3.05, 3.63) is 0 Å². The van der Waals surface area contributed by atoms with Gasteiger partial charge in [-0.15, -0.1) is 0 Å². The number of alkyl halides is 6. The molecule has 1 fully saturated rings. The molecule has 0 bridgehead atoms. The van der Waals surface area contributed by atoms with Crippen LogP contribution < -0.4 is 0 Å². The molecule has 0 aromatic rings. The van der Waals surface area contributed by atoms with Crippen molar-refractivity contribution in [1.82, 2.24) is 0 Å². The maximum Gasteiger partial charge on any atom is 0.412 e. The lowest BCUT2D eigenvalue weighted by Crippen LogP contribution is -2.54. The summed E-state index contributed by atoms with van der Waals surface area (Å²) >= 11 is 0. The molecule has 1 saturated heterocycles. The quantitative estimate of drug-likeness (QED) is 0.143. The Morgan fingerprint density at radius 2 is 1.46 bits per heavy atom. The van der Waals surface area contributed by atoms with E-state index < -0.39 is 89.9 Å². The molecule has 0 aromatic carbocycles. The first-order chi connectivity index (χ1) is 15.5. The van der Waals surface area contributed by atoms with Crippen LogP contribution in [0, 0.1) is 11.8 Å². The fraction of sp³-hybridized carbons (Fsp3) is 0.900. The second-order valence-electron chi connectivity index (χ2n) is 10.3. The topological polar surface area (TPSA) is 88.1 Å². The van der Waals surface area contributed by atoms with Crippen molar-refractivity contribution < 1.29 is 58.7 Å². The molecular formula is C20H33F6O7PSi. The van der Waals surface area contributed by atoms with Gasteiger partial charge in [-0.05, 0) is 25.1 Å². The number of hydrogen-bond acceptors (Lipinski definition) is 7. The van der Waals surface area contributed by atoms with Crippen LogP contribution in [0.3, 0.4) is 0 Å². The third kappa shape index (κ3) is 10.1. The third-order valence-electron chi connectivity index (χ3n) is 6.12. The van der Waals surface area contributed by atoms with Gasteiger partial charge in [0.25, 0.3) is 0 Å². The molecule has 1 aliphatic heterocycles. The summed E-state index contributed by atoms with van der Waals surface area (Å²) in [7, 11) is -7.47. The van der Waals surface area contributed by atoms with Crippen molar-refractivity contribution in [1.29, 1.82) is 0 Å². The Morgan fingerprint density at radius 3 is 1.86 bits per heavy atom. The molecule has 0 aromatic heterocycles. The lowest BCUT2D eigenvalue weighted by molar-refractivity contribution is -0.177. The van der Waals surface area contributed by atoms with Crippen molar-refractivity contribution in [2.75, 3.05) is 19.4 Å². The molecule has 7 nitrogen and oxygen atoms in total. The Labute approximate surface area is 201 Å². The van der Waals surface area contributed by atoms with Crippen LogP contribution in [0.5, 0.6) is 0 Å². The van der Waals surface area contributed by atoms with Gasteiger partial charge < -0.3 is 9.16 Å². The van der Waals surface area contributed by atoms with E-state index in [1.165, 1.54) is 0 Å². The minimum Gasteiger partial charge on any atom is -0.461 e. The SMILES string of the molecule is C[C@@H]1[C@H](O[Si](C)(C)C(C)(C)C)[C@@H](C)C(=O)O[C@H]1CC(=O)CP(=O)(OCC(F)(F)F)OCC(F)(F)F. The van der Waals surface area contributed by atoms with Crippen LogP contribution in [0.4, 0.5) is 26.3 Å². The molecule has 0 saturated carbocycles. The third-order valence-corrected chi connectivity index (χ3v) is 12.4. The van der Waals surface area contributed by atoms with Crippen molar-refractivity contribution in [3.8, 4) is 0 Å². The number of ketones is 1. The standard InChI is InChI=1S/C20H33F6O7PSi/c1-12-15(32-17(28)13(2)16(12)33-35(6,7)18(3,4)5)8-14(27)9-34(29,30-10-19(21,22)23)31-11-20(24,25)26/h12-13,15-16H,8-11H2,1-7H3/t12-,13+,15-,16-/m0/s1. The van der Waals surface area contributed by atoms with E-state index in [4.69, 9.17) is 9.16 Å². The fourth-order valence-corrected chi connectivity index (χ4v) is 6.05. The molecule has 0 radical (unpaired) electrons. The van der Waals surface area contributed by atoms with Crippen molar-refractivity contribution >= 4 is 27.7 Å². The van der Waals surface area contributed by atoms with Crippen LogP contribution in [-0.4, -0.2) is 64.0 Å². The van der Waals surface area contributed by atoms with Gasteiger partial charge in [0.1, 0.15) is 18.0 Å². The first kappa shape index (κ1) is 32.1. The molecule has 0 unspecified atom stereocenters. The number of carbonyl (C=O) groups is 2. The predicted octanol–water partition coefficient (Wildman–Crippen LogP) is 5.88. The van der Waals surface area contributed by atoms with Crippen LogP contribution in [-0.2, 0) is 32.4 Å². The highest BCUT2D eigenvalue weighted by molar-refractivity contribution is 7.54. The lowest BCUT2D eigenvalue weighted by Gasteiger charge is -2.46. The first-order valence-corrected chi connectivity index (χ1v) is 15.5. The average molecular weight is 559 g/mol. The van der Waals surface area contributed by atoms with E-state index in [9.17, 15) is 40.5 Å². The van der Waals surface area contributed by atoms with Gasteiger partial charge in [-0.1, -0.05) is 27.7 Å². The molecule has 15 heteroatoms. The van der Waals surface area contributed by atoms with E-state index in [0.717, 1.165) is 0 Å². The smallest absolute Gasteiger partial charge is 0.412 e. The minimum atomic E-state index is -5.11. The number of hydrogen-bond donors (Lipinski definition) is 0. The lowest BCUT2D eigenvalue weighted by atomic mass is 9.84. The molecular weight excluding hydrogens is 525 g/mol. The van der Waals surface area contributed by atoms with Crippen LogP contribution in [0.25, 0.3) is 0 Å². The second-order valence-corrected chi connectivity index (χ2v) is 17.1. The summed E-state index contributed by atoms with van der Waals surface area (Å²) in [4.78, 5) is 25.0. The Morgan fingerprint density at radius 1 is 1.00 bits per heavy atom. The monoisotopic (exact) mass is 558 g/mol. The highest BCUT2D eigenvalue weighted by Gasteiger charge is 2.48. The van der Waals surface area contributed by atoms with Crippen molar-refractivity contribution in [3.63, 3.8) is 0 Å². The van der Waals surface area contributed by atoms with Gasteiger partial charge in [-0.3, -0.25) is 23.2 Å². The number of ether oxygens (including phenoxy) is 1. The van der Waals surface area contributed by atoms with E-state index in [2.05, 4.69) is 9.05 Å². The summed E-state index contributed by atoms with van der Waals surface area (Å²) in [6.07, 6.45) is -13.7. The zero-order valence-electron chi connectivity index (χ0n) is 20.7. The number of rotatable bonds is 10. The number of cyclic esters (lactones) is 1. The Balaban J connectivity index is 3.01. The summed E-state index contributed by atoms with van der Waals surface area (Å²) in [5.74, 6) is -2.90. The second kappa shape index (κ2) is 11.2. The first-order valence-electron chi connectivity index (χ1n) is 10.9. The average Bonchev–Trinajstić information content (AvgIpc) is 2.64. The highest BCUT2D eigenvalue weighted by Crippen LogP contribution is 2.50. The van der Waals surface area contributed by atoms with Crippen LogP contribution in [0.15, 0.2) is 0 Å². The molecule has 1 aliphatic rings. The van der Waals surface area contributed by atoms with Gasteiger partial charge in [0.2, 0.25) is 0 Å².